The second kappa shape index (κ2) is 4.95. The third-order valence-corrected chi connectivity index (χ3v) is 3.82. The first-order chi connectivity index (χ1) is 8.83. The Labute approximate surface area is 107 Å². The number of aromatic nitrogens is 1. The summed E-state index contributed by atoms with van der Waals surface area (Å²) in [7, 11) is 0. The zero-order valence-electron chi connectivity index (χ0n) is 10.3. The zero-order chi connectivity index (χ0) is 12.4. The lowest BCUT2D eigenvalue weighted by Gasteiger charge is -2.40. The lowest BCUT2D eigenvalue weighted by Crippen LogP contribution is -2.51. The van der Waals surface area contributed by atoms with Crippen molar-refractivity contribution in [2.75, 3.05) is 0 Å². The average molecular weight is 243 g/mol. The summed E-state index contributed by atoms with van der Waals surface area (Å²) in [6.45, 7) is 0. The van der Waals surface area contributed by atoms with Crippen LogP contribution in [0.4, 0.5) is 0 Å². The van der Waals surface area contributed by atoms with Gasteiger partial charge in [-0.05, 0) is 31.7 Å². The number of rotatable bonds is 2. The first-order valence-corrected chi connectivity index (χ1v) is 6.62. The van der Waals surface area contributed by atoms with Gasteiger partial charge in [0.05, 0.1) is 11.6 Å². The van der Waals surface area contributed by atoms with E-state index in [1.807, 2.05) is 0 Å². The fourth-order valence-electron chi connectivity index (χ4n) is 3.02. The Morgan fingerprint density at radius 1 is 1.33 bits per heavy atom. The number of pyridine rings is 1. The summed E-state index contributed by atoms with van der Waals surface area (Å²) < 4.78 is 5.93. The summed E-state index contributed by atoms with van der Waals surface area (Å²) in [6.07, 6.45) is 7.81. The highest BCUT2D eigenvalue weighted by molar-refractivity contribution is 5.31. The monoisotopic (exact) mass is 243 g/mol. The van der Waals surface area contributed by atoms with Gasteiger partial charge in [0.1, 0.15) is 6.10 Å². The van der Waals surface area contributed by atoms with Crippen molar-refractivity contribution in [3.8, 4) is 11.9 Å². The van der Waals surface area contributed by atoms with Crippen LogP contribution in [-0.2, 0) is 0 Å². The minimum atomic E-state index is 0.239. The number of hydrogen-bond acceptors (Lipinski definition) is 4. The molecule has 2 aliphatic heterocycles. The molecular formula is C14H17N3O. The number of nitrogens with one attached hydrogen (secondary N) is 1. The SMILES string of the molecule is N#Cc1ccnc(OC2CC3CCCC(C2)N3)c1. The maximum atomic E-state index is 8.86. The predicted molar refractivity (Wildman–Crippen MR) is 67.2 cm³/mol. The first kappa shape index (κ1) is 11.5. The molecule has 2 saturated heterocycles. The number of ether oxygens (including phenoxy) is 1. The minimum absolute atomic E-state index is 0.239. The van der Waals surface area contributed by atoms with Crippen molar-refractivity contribution >= 4 is 0 Å². The maximum absolute atomic E-state index is 8.86. The number of fused-ring (bicyclic) bond motifs is 2. The minimum Gasteiger partial charge on any atom is -0.474 e. The Kier molecular flexibility index (Phi) is 3.16. The van der Waals surface area contributed by atoms with Gasteiger partial charge in [-0.1, -0.05) is 6.42 Å². The fourth-order valence-corrected chi connectivity index (χ4v) is 3.02. The van der Waals surface area contributed by atoms with Gasteiger partial charge in [0, 0.05) is 24.3 Å². The van der Waals surface area contributed by atoms with Crippen LogP contribution < -0.4 is 10.1 Å². The molecule has 1 aromatic heterocycles. The molecule has 2 unspecified atom stereocenters. The summed E-state index contributed by atoms with van der Waals surface area (Å²) >= 11 is 0. The van der Waals surface area contributed by atoms with Crippen LogP contribution in [0, 0.1) is 11.3 Å². The first-order valence-electron chi connectivity index (χ1n) is 6.62. The van der Waals surface area contributed by atoms with Crippen molar-refractivity contribution in [2.45, 2.75) is 50.3 Å². The van der Waals surface area contributed by atoms with Crippen LogP contribution in [0.3, 0.4) is 0 Å². The summed E-state index contributed by atoms with van der Waals surface area (Å²) in [5.74, 6) is 0.582. The second-order valence-electron chi connectivity index (χ2n) is 5.20. The molecular weight excluding hydrogens is 226 g/mol. The molecule has 0 amide bonds. The van der Waals surface area contributed by atoms with Crippen molar-refractivity contribution < 1.29 is 4.74 Å². The Balaban J connectivity index is 1.67. The lowest BCUT2D eigenvalue weighted by atomic mass is 9.85. The van der Waals surface area contributed by atoms with Gasteiger partial charge in [-0.25, -0.2) is 4.98 Å². The van der Waals surface area contributed by atoms with Gasteiger partial charge in [-0.3, -0.25) is 0 Å². The smallest absolute Gasteiger partial charge is 0.214 e. The van der Waals surface area contributed by atoms with Crippen LogP contribution in [0.1, 0.15) is 37.7 Å². The molecule has 0 spiro atoms. The van der Waals surface area contributed by atoms with Crippen molar-refractivity contribution in [3.63, 3.8) is 0 Å². The fraction of sp³-hybridized carbons (Fsp3) is 0.571. The van der Waals surface area contributed by atoms with Gasteiger partial charge in [0.15, 0.2) is 0 Å². The molecule has 3 rings (SSSR count). The highest BCUT2D eigenvalue weighted by Crippen LogP contribution is 2.28. The van der Waals surface area contributed by atoms with Crippen LogP contribution in [-0.4, -0.2) is 23.2 Å². The van der Waals surface area contributed by atoms with Crippen LogP contribution in [0.15, 0.2) is 18.3 Å². The summed E-state index contributed by atoms with van der Waals surface area (Å²) in [6, 6.07) is 6.73. The largest absolute Gasteiger partial charge is 0.474 e. The van der Waals surface area contributed by atoms with Crippen LogP contribution >= 0.6 is 0 Å². The Morgan fingerprint density at radius 3 is 2.83 bits per heavy atom. The van der Waals surface area contributed by atoms with Gasteiger partial charge >= 0.3 is 0 Å². The van der Waals surface area contributed by atoms with E-state index in [-0.39, 0.29) is 6.10 Å². The molecule has 94 valence electrons. The third kappa shape index (κ3) is 2.46. The molecule has 3 heterocycles. The van der Waals surface area contributed by atoms with Crippen LogP contribution in [0.25, 0.3) is 0 Å². The van der Waals surface area contributed by atoms with Crippen molar-refractivity contribution in [1.82, 2.24) is 10.3 Å². The van der Waals surface area contributed by atoms with Gasteiger partial charge in [-0.15, -0.1) is 0 Å². The van der Waals surface area contributed by atoms with Gasteiger partial charge < -0.3 is 10.1 Å². The highest BCUT2D eigenvalue weighted by Gasteiger charge is 2.32. The van der Waals surface area contributed by atoms with E-state index in [1.165, 1.54) is 19.3 Å². The van der Waals surface area contributed by atoms with E-state index in [2.05, 4.69) is 16.4 Å². The quantitative estimate of drug-likeness (QED) is 0.863. The molecule has 4 heteroatoms. The van der Waals surface area contributed by atoms with Crippen molar-refractivity contribution in [1.29, 1.82) is 5.26 Å². The van der Waals surface area contributed by atoms with Crippen LogP contribution in [0.5, 0.6) is 5.88 Å². The molecule has 0 saturated carbocycles. The molecule has 0 radical (unpaired) electrons. The Morgan fingerprint density at radius 2 is 2.11 bits per heavy atom. The molecule has 0 aliphatic carbocycles. The lowest BCUT2D eigenvalue weighted by molar-refractivity contribution is 0.0889. The predicted octanol–water partition coefficient (Wildman–Crippen LogP) is 2.01. The van der Waals surface area contributed by atoms with E-state index in [0.717, 1.165) is 12.8 Å². The molecule has 18 heavy (non-hydrogen) atoms. The molecule has 2 aliphatic rings. The van der Waals surface area contributed by atoms with E-state index in [4.69, 9.17) is 10.00 Å². The Bertz CT molecular complexity index is 456. The molecule has 2 fully saturated rings. The van der Waals surface area contributed by atoms with E-state index in [9.17, 15) is 0 Å². The van der Waals surface area contributed by atoms with E-state index < -0.39 is 0 Å². The van der Waals surface area contributed by atoms with Crippen molar-refractivity contribution in [2.24, 2.45) is 0 Å². The number of hydrogen-bond donors (Lipinski definition) is 1. The zero-order valence-corrected chi connectivity index (χ0v) is 10.3. The topological polar surface area (TPSA) is 57.9 Å². The standard InChI is InChI=1S/C14H17N3O/c15-9-10-4-5-16-14(6-10)18-13-7-11-2-1-3-12(8-13)17-11/h4-6,11-13,17H,1-3,7-8H2. The highest BCUT2D eigenvalue weighted by atomic mass is 16.5. The van der Waals surface area contributed by atoms with E-state index >= 15 is 0 Å². The molecule has 0 aromatic carbocycles. The summed E-state index contributed by atoms with van der Waals surface area (Å²) in [4.78, 5) is 4.18. The van der Waals surface area contributed by atoms with Gasteiger partial charge in [-0.2, -0.15) is 5.26 Å². The molecule has 2 bridgehead atoms. The summed E-state index contributed by atoms with van der Waals surface area (Å²) in [5.41, 5.74) is 0.606. The average Bonchev–Trinajstić information content (AvgIpc) is 2.38. The number of piperidine rings is 2. The van der Waals surface area contributed by atoms with Crippen molar-refractivity contribution in [3.05, 3.63) is 23.9 Å². The third-order valence-electron chi connectivity index (χ3n) is 3.82. The summed E-state index contributed by atoms with van der Waals surface area (Å²) in [5, 5.41) is 12.5. The molecule has 1 aromatic rings. The van der Waals surface area contributed by atoms with Crippen LogP contribution in [0.2, 0.25) is 0 Å². The van der Waals surface area contributed by atoms with Gasteiger partial charge in [0.25, 0.3) is 0 Å². The van der Waals surface area contributed by atoms with E-state index in [0.29, 0.717) is 23.5 Å². The molecule has 1 N–H and O–H groups in total. The van der Waals surface area contributed by atoms with Gasteiger partial charge in [0.2, 0.25) is 5.88 Å². The Hall–Kier alpha value is -1.60. The maximum Gasteiger partial charge on any atom is 0.214 e. The number of nitriles is 1. The molecule has 2 atom stereocenters. The second-order valence-corrected chi connectivity index (χ2v) is 5.20. The normalized spacial score (nSPS) is 30.5. The van der Waals surface area contributed by atoms with E-state index in [1.54, 1.807) is 18.3 Å². The number of nitrogens with zero attached hydrogens (tertiary/aromatic N) is 2. The molecule has 4 nitrogen and oxygen atoms in total.